The molecule has 3 rings (SSSR count). The second-order valence-corrected chi connectivity index (χ2v) is 8.46. The molecule has 0 spiro atoms. The van der Waals surface area contributed by atoms with E-state index < -0.39 is 0 Å². The van der Waals surface area contributed by atoms with Gasteiger partial charge in [0.1, 0.15) is 5.75 Å². The third kappa shape index (κ3) is 4.64. The summed E-state index contributed by atoms with van der Waals surface area (Å²) in [6.07, 6.45) is 2.41. The van der Waals surface area contributed by atoms with E-state index in [9.17, 15) is 4.79 Å². The lowest BCUT2D eigenvalue weighted by molar-refractivity contribution is -0.126. The molecule has 2 aromatic carbocycles. The first-order chi connectivity index (χ1) is 13.5. The highest BCUT2D eigenvalue weighted by Gasteiger charge is 2.37. The summed E-state index contributed by atoms with van der Waals surface area (Å²) < 4.78 is 6.29. The van der Waals surface area contributed by atoms with Gasteiger partial charge in [-0.1, -0.05) is 58.9 Å². The average molecular weight is 460 g/mol. The van der Waals surface area contributed by atoms with E-state index in [0.29, 0.717) is 17.5 Å². The zero-order valence-corrected chi connectivity index (χ0v) is 18.5. The number of benzene rings is 2. The van der Waals surface area contributed by atoms with E-state index in [1.807, 2.05) is 43.3 Å². The summed E-state index contributed by atoms with van der Waals surface area (Å²) in [5.41, 5.74) is 3.08. The molecule has 28 heavy (non-hydrogen) atoms. The fourth-order valence-electron chi connectivity index (χ4n) is 2.89. The Kier molecular flexibility index (Phi) is 6.91. The van der Waals surface area contributed by atoms with Crippen molar-refractivity contribution in [3.63, 3.8) is 0 Å². The Morgan fingerprint density at radius 2 is 2.07 bits per heavy atom. The maximum Gasteiger partial charge on any atom is 0.242 e. The number of hydrogen-bond acceptors (Lipinski definition) is 5. The topological polar surface area (TPSA) is 54.3 Å². The van der Waals surface area contributed by atoms with Crippen LogP contribution in [0, 0.1) is 6.92 Å². The second-order valence-electron chi connectivity index (χ2n) is 6.38. The Labute approximate surface area is 178 Å². The number of aryl methyl sites for hydroxylation is 1. The molecule has 5 nitrogen and oxygen atoms in total. The van der Waals surface area contributed by atoms with Crippen LogP contribution in [0.5, 0.6) is 5.75 Å². The first kappa shape index (κ1) is 20.6. The number of carbonyl (C=O) groups is 1. The molecule has 1 fully saturated rings. The number of rotatable bonds is 6. The lowest BCUT2D eigenvalue weighted by Crippen LogP contribution is -2.31. The highest BCUT2D eigenvalue weighted by atomic mass is 79.9. The van der Waals surface area contributed by atoms with Crippen LogP contribution in [0.4, 0.5) is 0 Å². The summed E-state index contributed by atoms with van der Waals surface area (Å²) >= 11 is 4.92. The summed E-state index contributed by atoms with van der Waals surface area (Å²) in [5, 5.41) is 9.12. The van der Waals surface area contributed by atoms with Crippen molar-refractivity contribution < 1.29 is 9.53 Å². The van der Waals surface area contributed by atoms with Crippen LogP contribution >= 0.6 is 27.7 Å². The number of halogens is 1. The molecule has 1 aliphatic rings. The monoisotopic (exact) mass is 459 g/mol. The van der Waals surface area contributed by atoms with E-state index in [2.05, 4.69) is 39.1 Å². The maximum atomic E-state index is 12.8. The van der Waals surface area contributed by atoms with Gasteiger partial charge in [-0.3, -0.25) is 9.69 Å². The smallest absolute Gasteiger partial charge is 0.242 e. The van der Waals surface area contributed by atoms with E-state index in [-0.39, 0.29) is 11.2 Å². The minimum Gasteiger partial charge on any atom is -0.496 e. The summed E-state index contributed by atoms with van der Waals surface area (Å²) in [7, 11) is 1.62. The van der Waals surface area contributed by atoms with E-state index in [0.717, 1.165) is 27.6 Å². The van der Waals surface area contributed by atoms with Gasteiger partial charge in [0.05, 0.1) is 25.1 Å². The molecule has 1 aliphatic heterocycles. The van der Waals surface area contributed by atoms with Crippen molar-refractivity contribution in [2.75, 3.05) is 7.11 Å². The summed E-state index contributed by atoms with van der Waals surface area (Å²) in [6, 6.07) is 13.8. The maximum absolute atomic E-state index is 12.8. The predicted molar refractivity (Wildman–Crippen MR) is 119 cm³/mol. The van der Waals surface area contributed by atoms with Gasteiger partial charge in [0, 0.05) is 10.0 Å². The minimum absolute atomic E-state index is 0.0877. The van der Waals surface area contributed by atoms with Crippen LogP contribution in [-0.2, 0) is 11.3 Å². The van der Waals surface area contributed by atoms with Crippen LogP contribution in [0.1, 0.15) is 30.0 Å². The molecule has 7 heteroatoms. The molecule has 146 valence electrons. The van der Waals surface area contributed by atoms with Gasteiger partial charge in [-0.25, -0.2) is 0 Å². The Hall–Kier alpha value is -2.12. The van der Waals surface area contributed by atoms with Crippen molar-refractivity contribution in [1.82, 2.24) is 4.90 Å². The van der Waals surface area contributed by atoms with Crippen LogP contribution in [0.2, 0.25) is 0 Å². The third-order valence-corrected chi connectivity index (χ3v) is 6.34. The third-order valence-electron chi connectivity index (χ3n) is 4.51. The van der Waals surface area contributed by atoms with Gasteiger partial charge >= 0.3 is 0 Å². The Morgan fingerprint density at radius 3 is 2.79 bits per heavy atom. The number of thioether (sulfide) groups is 1. The molecule has 0 bridgehead atoms. The number of nitrogens with zero attached hydrogens (tertiary/aromatic N) is 3. The van der Waals surface area contributed by atoms with Gasteiger partial charge < -0.3 is 4.74 Å². The van der Waals surface area contributed by atoms with Crippen molar-refractivity contribution in [1.29, 1.82) is 0 Å². The van der Waals surface area contributed by atoms with E-state index in [4.69, 9.17) is 4.74 Å². The first-order valence-corrected chi connectivity index (χ1v) is 10.7. The number of ether oxygens (including phenoxy) is 1. The van der Waals surface area contributed by atoms with Crippen LogP contribution in [0.25, 0.3) is 0 Å². The van der Waals surface area contributed by atoms with Gasteiger partial charge in [0.2, 0.25) is 5.91 Å². The molecule has 0 aromatic heterocycles. The molecule has 1 amide bonds. The lowest BCUT2D eigenvalue weighted by atomic mass is 10.1. The molecule has 0 radical (unpaired) electrons. The van der Waals surface area contributed by atoms with Gasteiger partial charge in [-0.05, 0) is 42.7 Å². The van der Waals surface area contributed by atoms with Gasteiger partial charge in [0.15, 0.2) is 5.17 Å². The van der Waals surface area contributed by atoms with Gasteiger partial charge in [-0.2, -0.15) is 5.10 Å². The Bertz CT molecular complexity index is 930. The average Bonchev–Trinajstić information content (AvgIpc) is 2.99. The number of methoxy groups -OCH3 is 1. The van der Waals surface area contributed by atoms with Gasteiger partial charge in [-0.15, -0.1) is 5.10 Å². The molecule has 1 heterocycles. The van der Waals surface area contributed by atoms with Crippen LogP contribution < -0.4 is 4.74 Å². The fourth-order valence-corrected chi connectivity index (χ4v) is 4.30. The highest BCUT2D eigenvalue weighted by molar-refractivity contribution is 9.10. The Morgan fingerprint density at radius 1 is 1.29 bits per heavy atom. The van der Waals surface area contributed by atoms with Crippen LogP contribution in [-0.4, -0.2) is 34.5 Å². The van der Waals surface area contributed by atoms with Crippen molar-refractivity contribution in [3.05, 3.63) is 63.6 Å². The second kappa shape index (κ2) is 9.39. The summed E-state index contributed by atoms with van der Waals surface area (Å²) in [6.45, 7) is 4.57. The zero-order chi connectivity index (χ0) is 20.1. The van der Waals surface area contributed by atoms with Crippen LogP contribution in [0.15, 0.2) is 57.1 Å². The van der Waals surface area contributed by atoms with E-state index in [1.54, 1.807) is 18.2 Å². The molecule has 0 saturated carbocycles. The van der Waals surface area contributed by atoms with E-state index >= 15 is 0 Å². The molecule has 2 aromatic rings. The minimum atomic E-state index is -0.113. The normalized spacial score (nSPS) is 18.4. The number of amidine groups is 1. The molecular weight excluding hydrogens is 438 g/mol. The predicted octanol–water partition coefficient (Wildman–Crippen LogP) is 5.01. The van der Waals surface area contributed by atoms with E-state index in [1.165, 1.54) is 11.8 Å². The summed E-state index contributed by atoms with van der Waals surface area (Å²) in [4.78, 5) is 14.5. The first-order valence-electron chi connectivity index (χ1n) is 9.00. The Balaban J connectivity index is 1.86. The number of hydrogen-bond donors (Lipinski definition) is 0. The quantitative estimate of drug-likeness (QED) is 0.450. The zero-order valence-electron chi connectivity index (χ0n) is 16.1. The van der Waals surface area contributed by atoms with Crippen molar-refractivity contribution in [2.24, 2.45) is 10.2 Å². The van der Waals surface area contributed by atoms with Crippen molar-refractivity contribution in [2.45, 2.75) is 32.1 Å². The fraction of sp³-hybridized carbons (Fsp3) is 0.286. The summed E-state index contributed by atoms with van der Waals surface area (Å²) in [5.74, 6) is 0.801. The molecular formula is C21H22BrN3O2S. The SMILES string of the molecule is CC[C@H]1S/C(=N/N=C\c2cc(Br)ccc2OC)N(Cc2ccccc2C)C1=O. The molecule has 0 aliphatic carbocycles. The largest absolute Gasteiger partial charge is 0.496 e. The number of amides is 1. The van der Waals surface area contributed by atoms with Crippen molar-refractivity contribution in [3.8, 4) is 5.75 Å². The molecule has 1 atom stereocenters. The van der Waals surface area contributed by atoms with Crippen LogP contribution in [0.3, 0.4) is 0 Å². The number of carbonyl (C=O) groups excluding carboxylic acids is 1. The van der Waals surface area contributed by atoms with Crippen molar-refractivity contribution >= 4 is 45.0 Å². The standard InChI is InChI=1S/C21H22BrN3O2S/c1-4-19-20(26)25(13-15-8-6-5-7-14(15)2)21(28-19)24-23-12-16-11-17(22)9-10-18(16)27-3/h5-12,19H,4,13H2,1-3H3/b23-12-,24-21+/t19-/m1/s1. The highest BCUT2D eigenvalue weighted by Crippen LogP contribution is 2.31. The lowest BCUT2D eigenvalue weighted by Gasteiger charge is -2.17. The molecule has 0 unspecified atom stereocenters. The molecule has 0 N–H and O–H groups in total. The van der Waals surface area contributed by atoms with Gasteiger partial charge in [0.25, 0.3) is 0 Å². The molecule has 1 saturated heterocycles.